The van der Waals surface area contributed by atoms with Gasteiger partial charge >= 0.3 is 6.09 Å². The van der Waals surface area contributed by atoms with E-state index in [0.29, 0.717) is 17.0 Å². The van der Waals surface area contributed by atoms with E-state index in [1.807, 2.05) is 31.7 Å². The lowest BCUT2D eigenvalue weighted by molar-refractivity contribution is -0.136. The molecular weight excluding hydrogens is 526 g/mol. The van der Waals surface area contributed by atoms with Crippen LogP contribution >= 0.6 is 0 Å². The van der Waals surface area contributed by atoms with Gasteiger partial charge in [0.05, 0.1) is 11.1 Å². The molecule has 220 valence electrons. The van der Waals surface area contributed by atoms with Gasteiger partial charge in [-0.05, 0) is 77.1 Å². The third-order valence-corrected chi connectivity index (χ3v) is 9.14. The zero-order valence-corrected chi connectivity index (χ0v) is 24.1. The standard InChI is InChI=1S/C30H39N5O6/c1-29(2,3)41-28(40)33-11-8-19(9-12-33)15-32-13-10-30(16-32)17-34(18-30)20-4-5-21-22(14-20)27(39)35(26(21)38)23-6-7-24(36)31-25(23)37/h4-5,14,19,23H,6-13,15-18H2,1-3H3,(H,31,36,37). The van der Waals surface area contributed by atoms with Crippen LogP contribution in [0.4, 0.5) is 10.5 Å². The molecule has 0 aliphatic carbocycles. The number of imide groups is 2. The topological polar surface area (TPSA) is 120 Å². The Morgan fingerprint density at radius 1 is 0.976 bits per heavy atom. The molecule has 1 spiro atoms. The van der Waals surface area contributed by atoms with Crippen molar-refractivity contribution in [2.75, 3.05) is 50.7 Å². The number of amides is 5. The fraction of sp³-hybridized carbons (Fsp3) is 0.633. The predicted octanol–water partition coefficient (Wildman–Crippen LogP) is 2.25. The van der Waals surface area contributed by atoms with Crippen LogP contribution in [0.1, 0.15) is 73.6 Å². The van der Waals surface area contributed by atoms with Crippen LogP contribution in [0.15, 0.2) is 18.2 Å². The van der Waals surface area contributed by atoms with Crippen molar-refractivity contribution in [3.63, 3.8) is 0 Å². The van der Waals surface area contributed by atoms with Gasteiger partial charge in [0.2, 0.25) is 11.8 Å². The minimum absolute atomic E-state index is 0.104. The van der Waals surface area contributed by atoms with Gasteiger partial charge in [0.25, 0.3) is 11.8 Å². The highest BCUT2D eigenvalue weighted by Gasteiger charge is 2.49. The Labute approximate surface area is 240 Å². The molecule has 6 rings (SSSR count). The smallest absolute Gasteiger partial charge is 0.410 e. The fourth-order valence-corrected chi connectivity index (χ4v) is 7.03. The van der Waals surface area contributed by atoms with E-state index < -0.39 is 29.4 Å². The van der Waals surface area contributed by atoms with Crippen LogP contribution in [0.5, 0.6) is 0 Å². The van der Waals surface area contributed by atoms with Crippen molar-refractivity contribution in [2.45, 2.75) is 64.5 Å². The molecule has 4 saturated heterocycles. The Morgan fingerprint density at radius 2 is 1.68 bits per heavy atom. The Balaban J connectivity index is 1.01. The van der Waals surface area contributed by atoms with Crippen LogP contribution in [-0.4, -0.2) is 102 Å². The second-order valence-electron chi connectivity index (χ2n) is 13.4. The molecule has 5 aliphatic rings. The highest BCUT2D eigenvalue weighted by atomic mass is 16.6. The molecule has 11 nitrogen and oxygen atoms in total. The van der Waals surface area contributed by atoms with Crippen molar-refractivity contribution in [2.24, 2.45) is 11.3 Å². The number of hydrogen-bond donors (Lipinski definition) is 1. The van der Waals surface area contributed by atoms with Gasteiger partial charge in [-0.1, -0.05) is 0 Å². The number of fused-ring (bicyclic) bond motifs is 1. The molecule has 0 aromatic heterocycles. The van der Waals surface area contributed by atoms with E-state index in [2.05, 4.69) is 15.1 Å². The SMILES string of the molecule is CC(C)(C)OC(=O)N1CCC(CN2CCC3(C2)CN(c2ccc4c(c2)C(=O)N(C2CCC(=O)NC2=O)C4=O)C3)CC1. The molecule has 0 saturated carbocycles. The Kier molecular flexibility index (Phi) is 6.83. The lowest BCUT2D eigenvalue weighted by Crippen LogP contribution is -2.58. The average Bonchev–Trinajstić information content (AvgIpc) is 3.42. The molecule has 1 N–H and O–H groups in total. The highest BCUT2D eigenvalue weighted by Crippen LogP contribution is 2.43. The maximum atomic E-state index is 13.2. The first-order chi connectivity index (χ1) is 19.4. The van der Waals surface area contributed by atoms with Crippen molar-refractivity contribution in [1.29, 1.82) is 0 Å². The van der Waals surface area contributed by atoms with E-state index in [9.17, 15) is 24.0 Å². The zero-order chi connectivity index (χ0) is 29.1. The number of piperidine rings is 2. The van der Waals surface area contributed by atoms with E-state index in [1.54, 1.807) is 12.1 Å². The summed E-state index contributed by atoms with van der Waals surface area (Å²) < 4.78 is 5.53. The number of rotatable bonds is 4. The predicted molar refractivity (Wildman–Crippen MR) is 149 cm³/mol. The summed E-state index contributed by atoms with van der Waals surface area (Å²) in [5.74, 6) is -1.35. The first kappa shape index (κ1) is 27.7. The Morgan fingerprint density at radius 3 is 2.37 bits per heavy atom. The average molecular weight is 566 g/mol. The van der Waals surface area contributed by atoms with Crippen molar-refractivity contribution in [3.05, 3.63) is 29.3 Å². The van der Waals surface area contributed by atoms with Gasteiger partial charge < -0.3 is 19.4 Å². The van der Waals surface area contributed by atoms with E-state index in [1.165, 1.54) is 0 Å². The number of carbonyl (C=O) groups is 5. The summed E-state index contributed by atoms with van der Waals surface area (Å²) in [5, 5.41) is 2.24. The number of nitrogens with one attached hydrogen (secondary N) is 1. The maximum Gasteiger partial charge on any atom is 0.410 e. The molecule has 1 unspecified atom stereocenters. The minimum atomic E-state index is -0.954. The van der Waals surface area contributed by atoms with Crippen molar-refractivity contribution < 1.29 is 28.7 Å². The molecular formula is C30H39N5O6. The number of likely N-dealkylation sites (tertiary alicyclic amines) is 2. The highest BCUT2D eigenvalue weighted by molar-refractivity contribution is 6.23. The molecule has 5 heterocycles. The van der Waals surface area contributed by atoms with Crippen LogP contribution in [-0.2, 0) is 14.3 Å². The number of nitrogens with zero attached hydrogens (tertiary/aromatic N) is 4. The second kappa shape index (κ2) is 10.1. The molecule has 4 fully saturated rings. The van der Waals surface area contributed by atoms with E-state index >= 15 is 0 Å². The number of ether oxygens (including phenoxy) is 1. The summed E-state index contributed by atoms with van der Waals surface area (Å²) in [6.07, 6.45) is 3.15. The van der Waals surface area contributed by atoms with Gasteiger partial charge in [-0.2, -0.15) is 0 Å². The molecule has 1 aromatic carbocycles. The van der Waals surface area contributed by atoms with Crippen LogP contribution in [0.25, 0.3) is 0 Å². The quantitative estimate of drug-likeness (QED) is 0.553. The van der Waals surface area contributed by atoms with Crippen LogP contribution < -0.4 is 10.2 Å². The van der Waals surface area contributed by atoms with Crippen molar-refractivity contribution >= 4 is 35.4 Å². The van der Waals surface area contributed by atoms with Gasteiger partial charge in [0.1, 0.15) is 11.6 Å². The summed E-state index contributed by atoms with van der Waals surface area (Å²) in [6.45, 7) is 12.1. The first-order valence-corrected chi connectivity index (χ1v) is 14.7. The maximum absolute atomic E-state index is 13.2. The molecule has 11 heteroatoms. The number of benzene rings is 1. The van der Waals surface area contributed by atoms with Crippen molar-refractivity contribution in [3.8, 4) is 0 Å². The largest absolute Gasteiger partial charge is 0.444 e. The fourth-order valence-electron chi connectivity index (χ4n) is 7.03. The molecule has 5 aliphatic heterocycles. The summed E-state index contributed by atoms with van der Waals surface area (Å²) in [7, 11) is 0. The van der Waals surface area contributed by atoms with E-state index in [0.717, 1.165) is 75.7 Å². The Hall–Kier alpha value is -3.47. The monoisotopic (exact) mass is 565 g/mol. The molecule has 5 amide bonds. The second-order valence-corrected chi connectivity index (χ2v) is 13.4. The third kappa shape index (κ3) is 5.31. The van der Waals surface area contributed by atoms with Gasteiger partial charge in [-0.25, -0.2) is 4.79 Å². The summed E-state index contributed by atoms with van der Waals surface area (Å²) in [6, 6.07) is 4.40. The van der Waals surface area contributed by atoms with Gasteiger partial charge in [-0.3, -0.25) is 29.4 Å². The van der Waals surface area contributed by atoms with Gasteiger partial charge in [0, 0.05) is 56.8 Å². The van der Waals surface area contributed by atoms with E-state index in [-0.39, 0.29) is 30.3 Å². The van der Waals surface area contributed by atoms with Crippen LogP contribution in [0, 0.1) is 11.3 Å². The Bertz CT molecular complexity index is 1290. The van der Waals surface area contributed by atoms with E-state index in [4.69, 9.17) is 4.74 Å². The summed E-state index contributed by atoms with van der Waals surface area (Å²) in [4.78, 5) is 70.1. The van der Waals surface area contributed by atoms with Gasteiger partial charge in [0.15, 0.2) is 0 Å². The normalized spacial score (nSPS) is 25.0. The number of hydrogen-bond acceptors (Lipinski definition) is 8. The van der Waals surface area contributed by atoms with Gasteiger partial charge in [-0.15, -0.1) is 0 Å². The molecule has 1 aromatic rings. The lowest BCUT2D eigenvalue weighted by Gasteiger charge is -2.49. The zero-order valence-electron chi connectivity index (χ0n) is 24.1. The summed E-state index contributed by atoms with van der Waals surface area (Å²) >= 11 is 0. The minimum Gasteiger partial charge on any atom is -0.444 e. The first-order valence-electron chi connectivity index (χ1n) is 14.7. The lowest BCUT2D eigenvalue weighted by atomic mass is 9.78. The molecule has 0 bridgehead atoms. The molecule has 1 atom stereocenters. The summed E-state index contributed by atoms with van der Waals surface area (Å²) in [5.41, 5.74) is 1.30. The van der Waals surface area contributed by atoms with Crippen molar-refractivity contribution in [1.82, 2.24) is 20.0 Å². The molecule has 41 heavy (non-hydrogen) atoms. The molecule has 0 radical (unpaired) electrons. The van der Waals surface area contributed by atoms with Crippen LogP contribution in [0.3, 0.4) is 0 Å². The van der Waals surface area contributed by atoms with Crippen LogP contribution in [0.2, 0.25) is 0 Å². The number of anilines is 1. The number of carbonyl (C=O) groups excluding carboxylic acids is 5. The third-order valence-electron chi connectivity index (χ3n) is 9.14.